The van der Waals surface area contributed by atoms with Crippen LogP contribution >= 0.6 is 23.1 Å². The van der Waals surface area contributed by atoms with Crippen molar-refractivity contribution in [1.82, 2.24) is 5.32 Å². The van der Waals surface area contributed by atoms with Gasteiger partial charge in [-0.15, -0.1) is 23.1 Å². The number of nitrogens with two attached hydrogens (primary N) is 1. The Labute approximate surface area is 110 Å². The molecule has 4 nitrogen and oxygen atoms in total. The standard InChI is InChI=1S/C11H19N3OS2/c1-4-6-14-10(15)8-7(12)9(16-3)11(17-8)13-5-2/h13H,4-6,12H2,1-3H3,(H,14,15). The maximum atomic E-state index is 11.9. The molecule has 0 spiro atoms. The molecule has 0 aliphatic heterocycles. The molecule has 0 atom stereocenters. The second kappa shape index (κ2) is 6.76. The Morgan fingerprint density at radius 3 is 2.71 bits per heavy atom. The molecule has 1 rings (SSSR count). The Morgan fingerprint density at radius 2 is 2.18 bits per heavy atom. The van der Waals surface area contributed by atoms with Crippen LogP contribution in [0.15, 0.2) is 4.90 Å². The zero-order valence-corrected chi connectivity index (χ0v) is 12.1. The summed E-state index contributed by atoms with van der Waals surface area (Å²) in [5, 5.41) is 7.07. The Morgan fingerprint density at radius 1 is 1.47 bits per heavy atom. The lowest BCUT2D eigenvalue weighted by Crippen LogP contribution is -2.23. The molecule has 1 aromatic heterocycles. The average molecular weight is 273 g/mol. The number of amides is 1. The van der Waals surface area contributed by atoms with E-state index in [-0.39, 0.29) is 5.91 Å². The van der Waals surface area contributed by atoms with Crippen LogP contribution in [0.4, 0.5) is 10.7 Å². The van der Waals surface area contributed by atoms with Crippen LogP contribution in [-0.4, -0.2) is 25.3 Å². The first kappa shape index (κ1) is 14.2. The molecule has 0 aliphatic rings. The van der Waals surface area contributed by atoms with Crippen molar-refractivity contribution in [3.05, 3.63) is 4.88 Å². The number of hydrogen-bond acceptors (Lipinski definition) is 5. The lowest BCUT2D eigenvalue weighted by Gasteiger charge is -2.02. The highest BCUT2D eigenvalue weighted by molar-refractivity contribution is 7.99. The van der Waals surface area contributed by atoms with Crippen molar-refractivity contribution in [1.29, 1.82) is 0 Å². The Hall–Kier alpha value is -0.880. The molecule has 1 amide bonds. The summed E-state index contributed by atoms with van der Waals surface area (Å²) in [7, 11) is 0. The van der Waals surface area contributed by atoms with E-state index in [9.17, 15) is 4.79 Å². The summed E-state index contributed by atoms with van der Waals surface area (Å²) >= 11 is 2.99. The molecular weight excluding hydrogens is 254 g/mol. The van der Waals surface area contributed by atoms with Gasteiger partial charge < -0.3 is 16.4 Å². The van der Waals surface area contributed by atoms with Gasteiger partial charge in [0.2, 0.25) is 0 Å². The smallest absolute Gasteiger partial charge is 0.263 e. The van der Waals surface area contributed by atoms with E-state index in [1.807, 2.05) is 20.1 Å². The minimum Gasteiger partial charge on any atom is -0.396 e. The Bertz CT molecular complexity index is 390. The highest BCUT2D eigenvalue weighted by atomic mass is 32.2. The second-order valence-corrected chi connectivity index (χ2v) is 5.33. The van der Waals surface area contributed by atoms with Gasteiger partial charge in [-0.2, -0.15) is 0 Å². The molecule has 0 aromatic carbocycles. The fourth-order valence-electron chi connectivity index (χ4n) is 1.40. The van der Waals surface area contributed by atoms with Crippen molar-refractivity contribution in [2.45, 2.75) is 25.2 Å². The van der Waals surface area contributed by atoms with Gasteiger partial charge in [-0.1, -0.05) is 6.92 Å². The van der Waals surface area contributed by atoms with Crippen LogP contribution in [0, 0.1) is 0 Å². The number of anilines is 2. The lowest BCUT2D eigenvalue weighted by molar-refractivity contribution is 0.0958. The van der Waals surface area contributed by atoms with E-state index in [0.717, 1.165) is 22.9 Å². The molecule has 1 aromatic rings. The van der Waals surface area contributed by atoms with E-state index in [2.05, 4.69) is 10.6 Å². The summed E-state index contributed by atoms with van der Waals surface area (Å²) < 4.78 is 0. The fraction of sp³-hybridized carbons (Fsp3) is 0.545. The third-order valence-corrected chi connectivity index (χ3v) is 4.31. The first-order valence-electron chi connectivity index (χ1n) is 5.63. The van der Waals surface area contributed by atoms with E-state index >= 15 is 0 Å². The maximum absolute atomic E-state index is 11.9. The van der Waals surface area contributed by atoms with Crippen LogP contribution in [0.2, 0.25) is 0 Å². The summed E-state index contributed by atoms with van der Waals surface area (Å²) in [5.41, 5.74) is 6.60. The van der Waals surface area contributed by atoms with Gasteiger partial charge in [0.05, 0.1) is 10.6 Å². The zero-order valence-electron chi connectivity index (χ0n) is 10.4. The molecule has 0 aliphatic carbocycles. The highest BCUT2D eigenvalue weighted by Crippen LogP contribution is 2.41. The van der Waals surface area contributed by atoms with Crippen LogP contribution in [0.25, 0.3) is 0 Å². The van der Waals surface area contributed by atoms with Gasteiger partial charge in [0.1, 0.15) is 9.88 Å². The van der Waals surface area contributed by atoms with Gasteiger partial charge in [-0.25, -0.2) is 0 Å². The first-order chi connectivity index (χ1) is 8.15. The predicted octanol–water partition coefficient (Wildman–Crippen LogP) is 2.62. The number of thiophene rings is 1. The average Bonchev–Trinajstić information content (AvgIpc) is 2.63. The van der Waals surface area contributed by atoms with Crippen molar-refractivity contribution in [2.75, 3.05) is 30.4 Å². The molecule has 0 unspecified atom stereocenters. The van der Waals surface area contributed by atoms with Crippen molar-refractivity contribution in [3.63, 3.8) is 0 Å². The minimum absolute atomic E-state index is 0.0752. The van der Waals surface area contributed by atoms with Gasteiger partial charge in [0.25, 0.3) is 5.91 Å². The molecular formula is C11H19N3OS2. The minimum atomic E-state index is -0.0752. The van der Waals surface area contributed by atoms with Crippen molar-refractivity contribution < 1.29 is 4.79 Å². The number of rotatable bonds is 6. The van der Waals surface area contributed by atoms with Gasteiger partial charge in [-0.3, -0.25) is 4.79 Å². The van der Waals surface area contributed by atoms with Crippen molar-refractivity contribution >= 4 is 39.7 Å². The summed E-state index contributed by atoms with van der Waals surface area (Å²) in [5.74, 6) is -0.0752. The first-order valence-corrected chi connectivity index (χ1v) is 7.68. The quantitative estimate of drug-likeness (QED) is 0.697. The molecule has 0 saturated heterocycles. The van der Waals surface area contributed by atoms with E-state index < -0.39 is 0 Å². The molecule has 4 N–H and O–H groups in total. The maximum Gasteiger partial charge on any atom is 0.263 e. The zero-order chi connectivity index (χ0) is 12.8. The van der Waals surface area contributed by atoms with Crippen LogP contribution in [0.5, 0.6) is 0 Å². The number of nitrogen functional groups attached to an aromatic ring is 1. The predicted molar refractivity (Wildman–Crippen MR) is 77.3 cm³/mol. The van der Waals surface area contributed by atoms with Gasteiger partial charge >= 0.3 is 0 Å². The summed E-state index contributed by atoms with van der Waals surface area (Å²) in [6.07, 6.45) is 2.89. The molecule has 17 heavy (non-hydrogen) atoms. The third-order valence-electron chi connectivity index (χ3n) is 2.18. The van der Waals surface area contributed by atoms with Crippen molar-refractivity contribution in [3.8, 4) is 0 Å². The van der Waals surface area contributed by atoms with E-state index in [4.69, 9.17) is 5.73 Å². The van der Waals surface area contributed by atoms with Crippen molar-refractivity contribution in [2.24, 2.45) is 0 Å². The number of carbonyl (C=O) groups is 1. The summed E-state index contributed by atoms with van der Waals surface area (Å²) in [6.45, 7) is 5.55. The van der Waals surface area contributed by atoms with Crippen LogP contribution in [0.1, 0.15) is 29.9 Å². The Balaban J connectivity index is 2.96. The monoisotopic (exact) mass is 273 g/mol. The molecule has 1 heterocycles. The molecule has 0 saturated carbocycles. The molecule has 0 fully saturated rings. The Kier molecular flexibility index (Phi) is 5.64. The summed E-state index contributed by atoms with van der Waals surface area (Å²) in [6, 6.07) is 0. The van der Waals surface area contributed by atoms with E-state index in [1.165, 1.54) is 11.3 Å². The lowest BCUT2D eigenvalue weighted by atomic mass is 10.3. The molecule has 0 radical (unpaired) electrons. The van der Waals surface area contributed by atoms with Gasteiger partial charge in [0, 0.05) is 13.1 Å². The largest absolute Gasteiger partial charge is 0.396 e. The summed E-state index contributed by atoms with van der Waals surface area (Å²) in [4.78, 5) is 13.5. The van der Waals surface area contributed by atoms with E-state index in [0.29, 0.717) is 17.1 Å². The third kappa shape index (κ3) is 3.29. The number of nitrogens with one attached hydrogen (secondary N) is 2. The van der Waals surface area contributed by atoms with Crippen LogP contribution in [0.3, 0.4) is 0 Å². The van der Waals surface area contributed by atoms with E-state index in [1.54, 1.807) is 11.8 Å². The topological polar surface area (TPSA) is 67.2 Å². The van der Waals surface area contributed by atoms with Crippen LogP contribution in [-0.2, 0) is 0 Å². The number of carbonyl (C=O) groups excluding carboxylic acids is 1. The molecule has 0 bridgehead atoms. The van der Waals surface area contributed by atoms with Gasteiger partial charge in [-0.05, 0) is 19.6 Å². The SMILES string of the molecule is CCCNC(=O)c1sc(NCC)c(SC)c1N. The van der Waals surface area contributed by atoms with Crippen LogP contribution < -0.4 is 16.4 Å². The normalized spacial score (nSPS) is 10.3. The number of hydrogen-bond donors (Lipinski definition) is 3. The highest BCUT2D eigenvalue weighted by Gasteiger charge is 2.19. The second-order valence-electron chi connectivity index (χ2n) is 3.49. The number of thioether (sulfide) groups is 1. The fourth-order valence-corrected chi connectivity index (χ4v) is 3.42. The molecule has 96 valence electrons. The molecule has 6 heteroatoms. The van der Waals surface area contributed by atoms with Gasteiger partial charge in [0.15, 0.2) is 0 Å².